The highest BCUT2D eigenvalue weighted by Gasteiger charge is 2.15. The standard InChI is InChI=1S/C25H28N6O3/c1-34-12-6-5-10-27-24-25(33)31(22(16-29-24)18-7-3-2-4-8-18)17-23(32)28-15-20-13-19-14-26-11-9-21(19)30-20/h2-4,7-9,11,13-14,16,30H,5-6,10,12,15,17H2,1H3,(H,27,29)(H,28,32). The number of fused-ring (bicyclic) bond motifs is 1. The molecule has 3 aromatic heterocycles. The number of anilines is 1. The van der Waals surface area contributed by atoms with Crippen molar-refractivity contribution in [1.29, 1.82) is 0 Å². The summed E-state index contributed by atoms with van der Waals surface area (Å²) >= 11 is 0. The van der Waals surface area contributed by atoms with Gasteiger partial charge in [-0.2, -0.15) is 0 Å². The molecule has 9 nitrogen and oxygen atoms in total. The molecule has 0 spiro atoms. The van der Waals surface area contributed by atoms with E-state index in [9.17, 15) is 9.59 Å². The van der Waals surface area contributed by atoms with E-state index in [1.54, 1.807) is 25.7 Å². The summed E-state index contributed by atoms with van der Waals surface area (Å²) in [4.78, 5) is 37.8. The number of pyridine rings is 1. The van der Waals surface area contributed by atoms with Gasteiger partial charge in [-0.1, -0.05) is 30.3 Å². The zero-order valence-corrected chi connectivity index (χ0v) is 19.1. The Morgan fingerprint density at radius 1 is 1.15 bits per heavy atom. The zero-order chi connectivity index (χ0) is 23.8. The number of aromatic amines is 1. The molecular formula is C25H28N6O3. The van der Waals surface area contributed by atoms with Gasteiger partial charge >= 0.3 is 0 Å². The number of unbranched alkanes of at least 4 members (excludes halogenated alkanes) is 1. The van der Waals surface area contributed by atoms with Crippen LogP contribution in [0.2, 0.25) is 0 Å². The Balaban J connectivity index is 1.50. The number of methoxy groups -OCH3 is 1. The molecular weight excluding hydrogens is 432 g/mol. The quantitative estimate of drug-likeness (QED) is 0.297. The molecule has 3 heterocycles. The number of hydrogen-bond acceptors (Lipinski definition) is 6. The smallest absolute Gasteiger partial charge is 0.294 e. The molecule has 0 unspecified atom stereocenters. The molecule has 0 aliphatic carbocycles. The second-order valence-corrected chi connectivity index (χ2v) is 7.91. The van der Waals surface area contributed by atoms with Gasteiger partial charge in [-0.05, 0) is 30.5 Å². The molecule has 0 bridgehead atoms. The van der Waals surface area contributed by atoms with Gasteiger partial charge in [0.1, 0.15) is 6.54 Å². The lowest BCUT2D eigenvalue weighted by atomic mass is 10.1. The van der Waals surface area contributed by atoms with Crippen molar-refractivity contribution in [1.82, 2.24) is 24.8 Å². The third-order valence-electron chi connectivity index (χ3n) is 5.45. The van der Waals surface area contributed by atoms with Crippen LogP contribution in [0.3, 0.4) is 0 Å². The van der Waals surface area contributed by atoms with Crippen LogP contribution in [-0.4, -0.2) is 45.7 Å². The number of ether oxygens (including phenoxy) is 1. The highest BCUT2D eigenvalue weighted by atomic mass is 16.5. The second-order valence-electron chi connectivity index (χ2n) is 7.91. The van der Waals surface area contributed by atoms with Gasteiger partial charge in [-0.15, -0.1) is 0 Å². The lowest BCUT2D eigenvalue weighted by Gasteiger charge is -2.15. The summed E-state index contributed by atoms with van der Waals surface area (Å²) in [5.74, 6) is -0.0404. The van der Waals surface area contributed by atoms with Gasteiger partial charge in [-0.25, -0.2) is 4.98 Å². The monoisotopic (exact) mass is 460 g/mol. The number of carbonyl (C=O) groups excluding carboxylic acids is 1. The normalized spacial score (nSPS) is 11.0. The Kier molecular flexibility index (Phi) is 7.67. The molecule has 9 heteroatoms. The number of aromatic nitrogens is 4. The third kappa shape index (κ3) is 5.68. The van der Waals surface area contributed by atoms with Gasteiger partial charge in [0, 0.05) is 49.3 Å². The number of carbonyl (C=O) groups is 1. The van der Waals surface area contributed by atoms with Gasteiger partial charge in [0.15, 0.2) is 5.82 Å². The van der Waals surface area contributed by atoms with E-state index in [0.717, 1.165) is 35.0 Å². The van der Waals surface area contributed by atoms with Crippen LogP contribution in [0.1, 0.15) is 18.5 Å². The average molecular weight is 461 g/mol. The van der Waals surface area contributed by atoms with E-state index in [2.05, 4.69) is 25.6 Å². The molecule has 0 saturated carbocycles. The van der Waals surface area contributed by atoms with E-state index in [1.165, 1.54) is 4.57 Å². The van der Waals surface area contributed by atoms with Crippen molar-refractivity contribution in [2.75, 3.05) is 25.6 Å². The first-order valence-electron chi connectivity index (χ1n) is 11.2. The number of rotatable bonds is 11. The van der Waals surface area contributed by atoms with Crippen molar-refractivity contribution in [2.45, 2.75) is 25.9 Å². The summed E-state index contributed by atoms with van der Waals surface area (Å²) in [5.41, 5.74) is 2.88. The zero-order valence-electron chi connectivity index (χ0n) is 19.1. The van der Waals surface area contributed by atoms with E-state index < -0.39 is 0 Å². The molecule has 176 valence electrons. The van der Waals surface area contributed by atoms with Crippen molar-refractivity contribution < 1.29 is 9.53 Å². The Morgan fingerprint density at radius 2 is 2.00 bits per heavy atom. The number of nitrogens with one attached hydrogen (secondary N) is 3. The SMILES string of the molecule is COCCCCNc1ncc(-c2ccccc2)n(CC(=O)NCc2cc3cnccc3[nH]2)c1=O. The summed E-state index contributed by atoms with van der Waals surface area (Å²) in [6.45, 7) is 1.46. The molecule has 0 aliphatic rings. The number of H-pyrrole nitrogens is 1. The van der Waals surface area contributed by atoms with Crippen LogP contribution in [0, 0.1) is 0 Å². The maximum atomic E-state index is 13.2. The first kappa shape index (κ1) is 23.2. The van der Waals surface area contributed by atoms with Gasteiger partial charge in [0.2, 0.25) is 5.91 Å². The van der Waals surface area contributed by atoms with Crippen LogP contribution in [0.25, 0.3) is 22.2 Å². The summed E-state index contributed by atoms with van der Waals surface area (Å²) < 4.78 is 6.52. The van der Waals surface area contributed by atoms with Gasteiger partial charge in [0.25, 0.3) is 5.56 Å². The van der Waals surface area contributed by atoms with Crippen molar-refractivity contribution in [3.8, 4) is 11.3 Å². The number of hydrogen-bond donors (Lipinski definition) is 3. The third-order valence-corrected chi connectivity index (χ3v) is 5.45. The van der Waals surface area contributed by atoms with E-state index in [0.29, 0.717) is 25.4 Å². The summed E-state index contributed by atoms with van der Waals surface area (Å²) in [6.07, 6.45) is 6.84. The summed E-state index contributed by atoms with van der Waals surface area (Å²) in [5, 5.41) is 6.97. The maximum Gasteiger partial charge on any atom is 0.294 e. The fraction of sp³-hybridized carbons (Fsp3) is 0.280. The van der Waals surface area contributed by atoms with E-state index in [4.69, 9.17) is 4.74 Å². The van der Waals surface area contributed by atoms with Crippen LogP contribution in [-0.2, 0) is 22.6 Å². The fourth-order valence-corrected chi connectivity index (χ4v) is 3.70. The van der Waals surface area contributed by atoms with Crippen LogP contribution >= 0.6 is 0 Å². The molecule has 0 radical (unpaired) electrons. The molecule has 4 aromatic rings. The minimum absolute atomic E-state index is 0.119. The molecule has 0 fully saturated rings. The average Bonchev–Trinajstić information content (AvgIpc) is 3.28. The minimum atomic E-state index is -0.333. The molecule has 0 atom stereocenters. The summed E-state index contributed by atoms with van der Waals surface area (Å²) in [6, 6.07) is 13.3. The van der Waals surface area contributed by atoms with Crippen LogP contribution in [0.5, 0.6) is 0 Å². The Hall–Kier alpha value is -3.98. The number of benzene rings is 1. The highest BCUT2D eigenvalue weighted by Crippen LogP contribution is 2.18. The van der Waals surface area contributed by atoms with Crippen LogP contribution < -0.4 is 16.2 Å². The van der Waals surface area contributed by atoms with Crippen molar-refractivity contribution in [3.63, 3.8) is 0 Å². The Labute approximate surface area is 197 Å². The van der Waals surface area contributed by atoms with Gasteiger partial charge in [-0.3, -0.25) is 19.1 Å². The molecule has 3 N–H and O–H groups in total. The first-order valence-corrected chi connectivity index (χ1v) is 11.2. The Bertz CT molecular complexity index is 1270. The van der Waals surface area contributed by atoms with Crippen molar-refractivity contribution >= 4 is 22.6 Å². The molecule has 1 amide bonds. The topological polar surface area (TPSA) is 114 Å². The largest absolute Gasteiger partial charge is 0.385 e. The highest BCUT2D eigenvalue weighted by molar-refractivity contribution is 5.80. The number of nitrogens with zero attached hydrogens (tertiary/aromatic N) is 3. The predicted molar refractivity (Wildman–Crippen MR) is 131 cm³/mol. The lowest BCUT2D eigenvalue weighted by molar-refractivity contribution is -0.121. The molecule has 1 aromatic carbocycles. The fourth-order valence-electron chi connectivity index (χ4n) is 3.70. The van der Waals surface area contributed by atoms with Gasteiger partial charge < -0.3 is 20.4 Å². The Morgan fingerprint density at radius 3 is 2.79 bits per heavy atom. The van der Waals surface area contributed by atoms with E-state index in [-0.39, 0.29) is 23.8 Å². The lowest BCUT2D eigenvalue weighted by Crippen LogP contribution is -2.34. The number of amides is 1. The summed E-state index contributed by atoms with van der Waals surface area (Å²) in [7, 11) is 1.66. The van der Waals surface area contributed by atoms with Gasteiger partial charge in [0.05, 0.1) is 18.4 Å². The van der Waals surface area contributed by atoms with Crippen molar-refractivity contribution in [2.24, 2.45) is 0 Å². The molecule has 0 saturated heterocycles. The van der Waals surface area contributed by atoms with E-state index >= 15 is 0 Å². The maximum absolute atomic E-state index is 13.2. The van der Waals surface area contributed by atoms with Crippen molar-refractivity contribution in [3.05, 3.63) is 77.1 Å². The van der Waals surface area contributed by atoms with Crippen LogP contribution in [0.15, 0.2) is 65.8 Å². The van der Waals surface area contributed by atoms with E-state index in [1.807, 2.05) is 42.5 Å². The first-order chi connectivity index (χ1) is 16.7. The molecule has 4 rings (SSSR count). The molecule has 0 aliphatic heterocycles. The minimum Gasteiger partial charge on any atom is -0.385 e. The molecule has 34 heavy (non-hydrogen) atoms. The second kappa shape index (κ2) is 11.2. The van der Waals surface area contributed by atoms with Crippen LogP contribution in [0.4, 0.5) is 5.82 Å². The predicted octanol–water partition coefficient (Wildman–Crippen LogP) is 2.94.